The minimum atomic E-state index is -0.276. The number of aromatic nitrogens is 4. The molecular formula is C16H22N6O2. The lowest BCUT2D eigenvalue weighted by molar-refractivity contribution is -0.127. The van der Waals surface area contributed by atoms with E-state index in [1.165, 1.54) is 0 Å². The molecule has 0 radical (unpaired) electrons. The van der Waals surface area contributed by atoms with Gasteiger partial charge in [-0.15, -0.1) is 0 Å². The molecule has 1 fully saturated rings. The molecule has 2 aromatic heterocycles. The normalized spacial score (nSPS) is 20.7. The third-order valence-electron chi connectivity index (χ3n) is 4.49. The van der Waals surface area contributed by atoms with Crippen LogP contribution in [0.3, 0.4) is 0 Å². The number of likely N-dealkylation sites (tertiary alicyclic amines) is 1. The molecule has 1 aliphatic heterocycles. The molecule has 0 aromatic carbocycles. The zero-order valence-corrected chi connectivity index (χ0v) is 14.4. The molecule has 0 unspecified atom stereocenters. The molecule has 2 aromatic rings. The maximum Gasteiger partial charge on any atom is 0.242 e. The van der Waals surface area contributed by atoms with E-state index in [0.29, 0.717) is 0 Å². The molecule has 1 aliphatic rings. The van der Waals surface area contributed by atoms with Crippen molar-refractivity contribution in [3.8, 4) is 0 Å². The van der Waals surface area contributed by atoms with E-state index in [-0.39, 0.29) is 36.9 Å². The Morgan fingerprint density at radius 3 is 2.71 bits per heavy atom. The number of carbonyl (C=O) groups excluding carboxylic acids is 2. The summed E-state index contributed by atoms with van der Waals surface area (Å²) >= 11 is 0. The van der Waals surface area contributed by atoms with Gasteiger partial charge >= 0.3 is 0 Å². The Bertz CT molecular complexity index is 777. The van der Waals surface area contributed by atoms with Gasteiger partial charge in [0.2, 0.25) is 11.8 Å². The topological polar surface area (TPSA) is 85.0 Å². The van der Waals surface area contributed by atoms with Crippen molar-refractivity contribution < 1.29 is 9.59 Å². The van der Waals surface area contributed by atoms with E-state index in [1.807, 2.05) is 33.0 Å². The molecule has 0 saturated carbocycles. The molecule has 0 bridgehead atoms. The van der Waals surface area contributed by atoms with Crippen molar-refractivity contribution in [1.82, 2.24) is 29.8 Å². The van der Waals surface area contributed by atoms with Gasteiger partial charge in [0.15, 0.2) is 0 Å². The average molecular weight is 330 g/mol. The smallest absolute Gasteiger partial charge is 0.242 e. The Hall–Kier alpha value is -2.64. The molecule has 1 N–H and O–H groups in total. The van der Waals surface area contributed by atoms with E-state index < -0.39 is 0 Å². The number of nitrogens with one attached hydrogen (secondary N) is 1. The first-order chi connectivity index (χ1) is 11.4. The second kappa shape index (κ2) is 6.10. The predicted molar refractivity (Wildman–Crippen MR) is 87.0 cm³/mol. The Kier molecular flexibility index (Phi) is 4.13. The molecule has 0 spiro atoms. The van der Waals surface area contributed by atoms with Crippen molar-refractivity contribution in [2.75, 3.05) is 7.05 Å². The van der Waals surface area contributed by atoms with Crippen LogP contribution in [0.15, 0.2) is 18.3 Å². The molecule has 2 atom stereocenters. The summed E-state index contributed by atoms with van der Waals surface area (Å²) < 4.78 is 3.41. The van der Waals surface area contributed by atoms with Crippen LogP contribution < -0.4 is 5.32 Å². The van der Waals surface area contributed by atoms with Gasteiger partial charge in [-0.1, -0.05) is 0 Å². The molecule has 3 rings (SSSR count). The first-order valence-electron chi connectivity index (χ1n) is 7.91. The number of aryl methyl sites for hydroxylation is 3. The van der Waals surface area contributed by atoms with Crippen molar-refractivity contribution >= 4 is 11.8 Å². The summed E-state index contributed by atoms with van der Waals surface area (Å²) in [5.74, 6) is -0.140. The summed E-state index contributed by atoms with van der Waals surface area (Å²) in [7, 11) is 3.59. The van der Waals surface area contributed by atoms with E-state index in [4.69, 9.17) is 0 Å². The molecule has 128 valence electrons. The van der Waals surface area contributed by atoms with E-state index in [1.54, 1.807) is 27.5 Å². The van der Waals surface area contributed by atoms with Gasteiger partial charge in [0.25, 0.3) is 0 Å². The van der Waals surface area contributed by atoms with E-state index in [0.717, 1.165) is 17.1 Å². The Balaban J connectivity index is 1.75. The van der Waals surface area contributed by atoms with Crippen LogP contribution in [0.5, 0.6) is 0 Å². The summed E-state index contributed by atoms with van der Waals surface area (Å²) in [4.78, 5) is 26.2. The van der Waals surface area contributed by atoms with Crippen LogP contribution in [0, 0.1) is 13.8 Å². The van der Waals surface area contributed by atoms with Crippen molar-refractivity contribution in [2.45, 2.75) is 38.9 Å². The van der Waals surface area contributed by atoms with E-state index in [2.05, 4.69) is 15.5 Å². The molecule has 24 heavy (non-hydrogen) atoms. The highest BCUT2D eigenvalue weighted by atomic mass is 16.2. The highest BCUT2D eigenvalue weighted by molar-refractivity contribution is 5.82. The van der Waals surface area contributed by atoms with Gasteiger partial charge in [0.05, 0.1) is 23.5 Å². The third kappa shape index (κ3) is 2.91. The largest absolute Gasteiger partial charge is 0.349 e. The van der Waals surface area contributed by atoms with Gasteiger partial charge in [0, 0.05) is 32.4 Å². The first-order valence-corrected chi connectivity index (χ1v) is 7.91. The lowest BCUT2D eigenvalue weighted by Crippen LogP contribution is -2.41. The Morgan fingerprint density at radius 2 is 2.12 bits per heavy atom. The maximum absolute atomic E-state index is 12.4. The van der Waals surface area contributed by atoms with Gasteiger partial charge in [-0.05, 0) is 26.0 Å². The van der Waals surface area contributed by atoms with Crippen LogP contribution in [-0.4, -0.2) is 49.4 Å². The fourth-order valence-corrected chi connectivity index (χ4v) is 3.30. The molecule has 8 nitrogen and oxygen atoms in total. The number of amides is 2. The fraction of sp³-hybridized carbons (Fsp3) is 0.500. The quantitative estimate of drug-likeness (QED) is 0.875. The van der Waals surface area contributed by atoms with Crippen LogP contribution in [0.25, 0.3) is 0 Å². The van der Waals surface area contributed by atoms with Gasteiger partial charge < -0.3 is 10.2 Å². The Labute approximate surface area is 140 Å². The summed E-state index contributed by atoms with van der Waals surface area (Å²) in [5, 5.41) is 11.5. The predicted octanol–water partition coefficient (Wildman–Crippen LogP) is 0.322. The van der Waals surface area contributed by atoms with E-state index in [9.17, 15) is 9.59 Å². The number of carbonyl (C=O) groups is 2. The lowest BCUT2D eigenvalue weighted by Gasteiger charge is -2.25. The van der Waals surface area contributed by atoms with Crippen molar-refractivity contribution in [3.05, 3.63) is 35.4 Å². The maximum atomic E-state index is 12.4. The minimum absolute atomic E-state index is 0.0117. The fourth-order valence-electron chi connectivity index (χ4n) is 3.30. The Morgan fingerprint density at radius 1 is 1.38 bits per heavy atom. The highest BCUT2D eigenvalue weighted by Gasteiger charge is 2.40. The zero-order valence-electron chi connectivity index (χ0n) is 14.4. The number of likely N-dealkylation sites (N-methyl/N-ethyl adjacent to an activating group) is 1. The minimum Gasteiger partial charge on any atom is -0.349 e. The van der Waals surface area contributed by atoms with Crippen molar-refractivity contribution in [1.29, 1.82) is 0 Å². The lowest BCUT2D eigenvalue weighted by atomic mass is 10.1. The highest BCUT2D eigenvalue weighted by Crippen LogP contribution is 2.31. The third-order valence-corrected chi connectivity index (χ3v) is 4.49. The summed E-state index contributed by atoms with van der Waals surface area (Å²) in [5.41, 5.74) is 2.72. The van der Waals surface area contributed by atoms with Gasteiger partial charge in [-0.3, -0.25) is 19.0 Å². The van der Waals surface area contributed by atoms with Crippen molar-refractivity contribution in [3.63, 3.8) is 0 Å². The summed E-state index contributed by atoms with van der Waals surface area (Å²) in [6.45, 7) is 3.95. The van der Waals surface area contributed by atoms with Gasteiger partial charge in [-0.25, -0.2) is 0 Å². The van der Waals surface area contributed by atoms with Crippen LogP contribution >= 0.6 is 0 Å². The monoisotopic (exact) mass is 330 g/mol. The average Bonchev–Trinajstić information content (AvgIpc) is 3.12. The molecule has 0 aliphatic carbocycles. The number of rotatable bonds is 4. The van der Waals surface area contributed by atoms with Gasteiger partial charge in [0.1, 0.15) is 6.54 Å². The van der Waals surface area contributed by atoms with Crippen LogP contribution in [0.2, 0.25) is 0 Å². The number of hydrogen-bond acceptors (Lipinski definition) is 4. The van der Waals surface area contributed by atoms with Crippen LogP contribution in [0.4, 0.5) is 0 Å². The van der Waals surface area contributed by atoms with Crippen LogP contribution in [0.1, 0.15) is 29.5 Å². The summed E-state index contributed by atoms with van der Waals surface area (Å²) in [6.07, 6.45) is 1.98. The standard InChI is InChI=1S/C16H22N6O2/c1-10-7-11(2)22(19-10)9-14(23)18-12-8-15(24)20(3)16(12)13-5-6-17-21(13)4/h5-7,12,16H,8-9H2,1-4H3,(H,18,23)/t12-,16-/m1/s1. The van der Waals surface area contributed by atoms with Gasteiger partial charge in [-0.2, -0.15) is 10.2 Å². The molecule has 3 heterocycles. The van der Waals surface area contributed by atoms with E-state index >= 15 is 0 Å². The SMILES string of the molecule is Cc1cc(C)n(CC(=O)N[C@@H]2CC(=O)N(C)[C@H]2c2ccnn2C)n1. The van der Waals surface area contributed by atoms with Crippen LogP contribution in [-0.2, 0) is 23.2 Å². The second-order valence-corrected chi connectivity index (χ2v) is 6.29. The molecule has 1 saturated heterocycles. The molecule has 8 heteroatoms. The second-order valence-electron chi connectivity index (χ2n) is 6.29. The molecular weight excluding hydrogens is 308 g/mol. The molecule has 2 amide bonds. The first kappa shape index (κ1) is 16.2. The summed E-state index contributed by atoms with van der Waals surface area (Å²) in [6, 6.07) is 3.31. The zero-order chi connectivity index (χ0) is 17.4. The number of nitrogens with zero attached hydrogens (tertiary/aromatic N) is 5. The number of hydrogen-bond donors (Lipinski definition) is 1. The van der Waals surface area contributed by atoms with Crippen molar-refractivity contribution in [2.24, 2.45) is 7.05 Å².